The number of halogens is 1. The first-order valence-corrected chi connectivity index (χ1v) is 11.8. The number of isothiocyanates is 1. The van der Waals surface area contributed by atoms with Gasteiger partial charge in [-0.1, -0.05) is 62.4 Å². The van der Waals surface area contributed by atoms with E-state index in [0.29, 0.717) is 5.02 Å². The van der Waals surface area contributed by atoms with E-state index < -0.39 is 0 Å². The van der Waals surface area contributed by atoms with E-state index in [-0.39, 0.29) is 0 Å². The fourth-order valence-electron chi connectivity index (χ4n) is 4.81. The third-order valence-corrected chi connectivity index (χ3v) is 6.89. The fourth-order valence-corrected chi connectivity index (χ4v) is 5.21. The van der Waals surface area contributed by atoms with Crippen LogP contribution in [0, 0.1) is 19.8 Å². The second kappa shape index (κ2) is 10.5. The van der Waals surface area contributed by atoms with E-state index in [1.165, 1.54) is 68.1 Å². The summed E-state index contributed by atoms with van der Waals surface area (Å²) in [6.07, 6.45) is 11.0. The highest BCUT2D eigenvalue weighted by molar-refractivity contribution is 7.78. The summed E-state index contributed by atoms with van der Waals surface area (Å²) in [5.74, 6) is 1.67. The lowest BCUT2D eigenvalue weighted by Crippen LogP contribution is -2.13. The third-order valence-electron chi connectivity index (χ3n) is 6.51. The van der Waals surface area contributed by atoms with Crippen LogP contribution >= 0.6 is 23.8 Å². The van der Waals surface area contributed by atoms with Crippen molar-refractivity contribution in [3.05, 3.63) is 52.0 Å². The number of hydrogen-bond acceptors (Lipinski definition) is 2. The molecule has 29 heavy (non-hydrogen) atoms. The van der Waals surface area contributed by atoms with Crippen LogP contribution < -0.4 is 0 Å². The molecule has 0 amide bonds. The van der Waals surface area contributed by atoms with Gasteiger partial charge in [-0.05, 0) is 104 Å². The van der Waals surface area contributed by atoms with Crippen molar-refractivity contribution in [1.82, 2.24) is 0 Å². The van der Waals surface area contributed by atoms with Crippen LogP contribution in [0.15, 0.2) is 35.3 Å². The minimum Gasteiger partial charge on any atom is -0.193 e. The Hall–Kier alpha value is -1.47. The van der Waals surface area contributed by atoms with Gasteiger partial charge in [0.05, 0.1) is 15.9 Å². The molecule has 0 N–H and O–H groups in total. The van der Waals surface area contributed by atoms with Crippen molar-refractivity contribution in [2.24, 2.45) is 10.9 Å². The molecule has 0 aliphatic heterocycles. The van der Waals surface area contributed by atoms with Gasteiger partial charge in [-0.3, -0.25) is 0 Å². The van der Waals surface area contributed by atoms with Gasteiger partial charge in [-0.25, -0.2) is 0 Å². The van der Waals surface area contributed by atoms with Gasteiger partial charge in [0.1, 0.15) is 0 Å². The first kappa shape index (κ1) is 22.2. The van der Waals surface area contributed by atoms with Gasteiger partial charge in [0.15, 0.2) is 0 Å². The summed E-state index contributed by atoms with van der Waals surface area (Å²) in [6.45, 7) is 6.52. The lowest BCUT2D eigenvalue weighted by molar-refractivity contribution is 0.303. The Morgan fingerprint density at radius 2 is 1.79 bits per heavy atom. The van der Waals surface area contributed by atoms with Gasteiger partial charge in [-0.2, -0.15) is 4.99 Å². The molecule has 3 rings (SSSR count). The predicted molar refractivity (Wildman–Crippen MR) is 130 cm³/mol. The molecule has 0 unspecified atom stereocenters. The lowest BCUT2D eigenvalue weighted by Gasteiger charge is -2.29. The molecule has 2 aromatic carbocycles. The van der Waals surface area contributed by atoms with E-state index >= 15 is 0 Å². The average Bonchev–Trinajstić information content (AvgIpc) is 2.71. The summed E-state index contributed by atoms with van der Waals surface area (Å²) in [5, 5.41) is 3.05. The Kier molecular flexibility index (Phi) is 8.07. The van der Waals surface area contributed by atoms with Crippen LogP contribution in [0.5, 0.6) is 0 Å². The highest BCUT2D eigenvalue weighted by Crippen LogP contribution is 2.40. The monoisotopic (exact) mass is 425 g/mol. The summed E-state index contributed by atoms with van der Waals surface area (Å²) in [7, 11) is 0. The van der Waals surface area contributed by atoms with Crippen LogP contribution in [0.4, 0.5) is 5.69 Å². The Labute approximate surface area is 186 Å². The SMILES string of the molecule is CCCCCC1CCC(c2ccc(-c3cc(C)c(N=C=S)c(Cl)c3)c(C)c2)CC1. The van der Waals surface area contributed by atoms with Gasteiger partial charge in [0, 0.05) is 0 Å². The first-order chi connectivity index (χ1) is 14.0. The molecule has 1 fully saturated rings. The number of thiocarbonyl (C=S) groups is 1. The van der Waals surface area contributed by atoms with Crippen LogP contribution in [0.1, 0.15) is 80.9 Å². The topological polar surface area (TPSA) is 12.4 Å². The number of unbranched alkanes of at least 4 members (excludes halogenated alkanes) is 2. The summed E-state index contributed by atoms with van der Waals surface area (Å²) < 4.78 is 0. The molecule has 0 radical (unpaired) electrons. The maximum absolute atomic E-state index is 6.45. The molecule has 1 aliphatic rings. The fraction of sp³-hybridized carbons (Fsp3) is 0.500. The maximum atomic E-state index is 6.45. The smallest absolute Gasteiger partial charge is 0.0955 e. The van der Waals surface area contributed by atoms with Crippen molar-refractivity contribution in [2.45, 2.75) is 78.1 Å². The van der Waals surface area contributed by atoms with E-state index in [1.807, 2.05) is 13.0 Å². The second-order valence-electron chi connectivity index (χ2n) is 8.61. The number of hydrogen-bond donors (Lipinski definition) is 0. The largest absolute Gasteiger partial charge is 0.193 e. The Balaban J connectivity index is 1.72. The molecular weight excluding hydrogens is 394 g/mol. The van der Waals surface area contributed by atoms with E-state index in [1.54, 1.807) is 0 Å². The summed E-state index contributed by atoms with van der Waals surface area (Å²) in [4.78, 5) is 4.10. The Bertz CT molecular complexity index is 867. The molecule has 154 valence electrons. The molecule has 0 bridgehead atoms. The predicted octanol–water partition coefficient (Wildman–Crippen LogP) is 9.21. The number of aliphatic imine (C=N–C) groups is 1. The van der Waals surface area contributed by atoms with Crippen molar-refractivity contribution in [2.75, 3.05) is 0 Å². The van der Waals surface area contributed by atoms with Gasteiger partial charge in [0.25, 0.3) is 0 Å². The van der Waals surface area contributed by atoms with Crippen LogP contribution in [0.2, 0.25) is 5.02 Å². The molecule has 0 saturated heterocycles. The summed E-state index contributed by atoms with van der Waals surface area (Å²) >= 11 is 11.2. The molecular formula is C26H32ClNS. The van der Waals surface area contributed by atoms with E-state index in [9.17, 15) is 0 Å². The van der Waals surface area contributed by atoms with Crippen LogP contribution in [0.3, 0.4) is 0 Å². The van der Waals surface area contributed by atoms with Gasteiger partial charge < -0.3 is 0 Å². The highest BCUT2D eigenvalue weighted by Gasteiger charge is 2.22. The van der Waals surface area contributed by atoms with Crippen LogP contribution in [-0.2, 0) is 0 Å². The van der Waals surface area contributed by atoms with Crippen molar-refractivity contribution in [3.63, 3.8) is 0 Å². The molecule has 1 nitrogen and oxygen atoms in total. The minimum absolute atomic E-state index is 0.627. The average molecular weight is 426 g/mol. The first-order valence-electron chi connectivity index (χ1n) is 11.0. The Morgan fingerprint density at radius 3 is 2.41 bits per heavy atom. The molecule has 2 aromatic rings. The van der Waals surface area contributed by atoms with E-state index in [2.05, 4.69) is 48.3 Å². The minimum atomic E-state index is 0.627. The quantitative estimate of drug-likeness (QED) is 0.244. The number of aryl methyl sites for hydroxylation is 2. The van der Waals surface area contributed by atoms with Gasteiger partial charge in [0.2, 0.25) is 0 Å². The van der Waals surface area contributed by atoms with Crippen LogP contribution in [-0.4, -0.2) is 5.16 Å². The molecule has 0 heterocycles. The summed E-state index contributed by atoms with van der Waals surface area (Å²) in [5.41, 5.74) is 6.94. The number of benzene rings is 2. The standard InChI is InChI=1S/C26H32ClNS/c1-4-5-6-7-20-8-10-21(11-9-20)22-12-13-24(18(2)14-22)23-15-19(3)26(28-17-29)25(27)16-23/h12-16,20-21H,4-11H2,1-3H3. The van der Waals surface area contributed by atoms with Crippen molar-refractivity contribution in [3.8, 4) is 11.1 Å². The van der Waals surface area contributed by atoms with E-state index in [4.69, 9.17) is 23.8 Å². The Morgan fingerprint density at radius 1 is 1.03 bits per heavy atom. The molecule has 1 aliphatic carbocycles. The molecule has 3 heteroatoms. The third kappa shape index (κ3) is 5.57. The number of rotatable bonds is 7. The van der Waals surface area contributed by atoms with Gasteiger partial charge >= 0.3 is 0 Å². The zero-order valence-electron chi connectivity index (χ0n) is 17.9. The van der Waals surface area contributed by atoms with Crippen molar-refractivity contribution in [1.29, 1.82) is 0 Å². The zero-order chi connectivity index (χ0) is 20.8. The van der Waals surface area contributed by atoms with Crippen molar-refractivity contribution < 1.29 is 0 Å². The maximum Gasteiger partial charge on any atom is 0.0955 e. The zero-order valence-corrected chi connectivity index (χ0v) is 19.5. The van der Waals surface area contributed by atoms with Crippen molar-refractivity contribution >= 4 is 34.7 Å². The summed E-state index contributed by atoms with van der Waals surface area (Å²) in [6, 6.07) is 11.1. The van der Waals surface area contributed by atoms with Crippen LogP contribution in [0.25, 0.3) is 11.1 Å². The highest BCUT2D eigenvalue weighted by atomic mass is 35.5. The molecule has 1 saturated carbocycles. The van der Waals surface area contributed by atoms with Gasteiger partial charge in [-0.15, -0.1) is 0 Å². The molecule has 0 aromatic heterocycles. The molecule has 0 spiro atoms. The normalized spacial score (nSPS) is 19.0. The molecule has 0 atom stereocenters. The number of nitrogens with zero attached hydrogens (tertiary/aromatic N) is 1. The second-order valence-corrected chi connectivity index (χ2v) is 9.20. The van der Waals surface area contributed by atoms with E-state index in [0.717, 1.165) is 28.7 Å². The lowest BCUT2D eigenvalue weighted by atomic mass is 9.76.